The highest BCUT2D eigenvalue weighted by atomic mass is 31.1. The third-order valence-corrected chi connectivity index (χ3v) is 3.07. The van der Waals surface area contributed by atoms with Crippen LogP contribution in [0.3, 0.4) is 0 Å². The Hall–Kier alpha value is -1.74. The van der Waals surface area contributed by atoms with E-state index in [0.29, 0.717) is 0 Å². The van der Waals surface area contributed by atoms with Crippen LogP contribution < -0.4 is 5.32 Å². The van der Waals surface area contributed by atoms with E-state index in [1.165, 1.54) is 5.56 Å². The molecule has 0 aliphatic heterocycles. The number of nitrogens with one attached hydrogen (secondary N) is 1. The predicted molar refractivity (Wildman–Crippen MR) is 75.5 cm³/mol. The van der Waals surface area contributed by atoms with Gasteiger partial charge < -0.3 is 5.32 Å². The van der Waals surface area contributed by atoms with Gasteiger partial charge in [0.25, 0.3) is 0 Å². The van der Waals surface area contributed by atoms with Gasteiger partial charge in [0.15, 0.2) is 0 Å². The van der Waals surface area contributed by atoms with Crippen LogP contribution in [0.4, 0.5) is 11.4 Å². The highest BCUT2D eigenvalue weighted by Crippen LogP contribution is 2.22. The zero-order chi connectivity index (χ0) is 13.7. The van der Waals surface area contributed by atoms with Gasteiger partial charge in [-0.2, -0.15) is 0 Å². The number of benzene rings is 2. The molecule has 2 aromatic rings. The summed E-state index contributed by atoms with van der Waals surface area (Å²) >= 11 is 0. The molecule has 0 aliphatic rings. The molecule has 5 heteroatoms. The SMILES string of the molecule is Cc1ccccc1Nc1ccc(CO[P+](=O)O)cc1. The second-order valence-corrected chi connectivity index (χ2v) is 4.88. The first-order valence-corrected chi connectivity index (χ1v) is 6.99. The van der Waals surface area contributed by atoms with E-state index < -0.39 is 8.25 Å². The molecule has 1 atom stereocenters. The first-order chi connectivity index (χ1) is 9.15. The highest BCUT2D eigenvalue weighted by molar-refractivity contribution is 7.32. The van der Waals surface area contributed by atoms with Gasteiger partial charge in [-0.25, -0.2) is 0 Å². The molecule has 0 spiro atoms. The fourth-order valence-corrected chi connectivity index (χ4v) is 1.94. The van der Waals surface area contributed by atoms with Gasteiger partial charge in [-0.15, -0.1) is 9.42 Å². The molecule has 1 unspecified atom stereocenters. The molecule has 2 N–H and O–H groups in total. The second kappa shape index (κ2) is 6.43. The van der Waals surface area contributed by atoms with Crippen molar-refractivity contribution in [2.45, 2.75) is 13.5 Å². The zero-order valence-corrected chi connectivity index (χ0v) is 11.4. The minimum absolute atomic E-state index is 0.135. The normalized spacial score (nSPS) is 11.2. The van der Waals surface area contributed by atoms with Gasteiger partial charge in [0, 0.05) is 15.9 Å². The molecule has 0 saturated heterocycles. The van der Waals surface area contributed by atoms with E-state index >= 15 is 0 Å². The summed E-state index contributed by atoms with van der Waals surface area (Å²) in [6.45, 7) is 2.18. The Morgan fingerprint density at radius 1 is 1.16 bits per heavy atom. The molecule has 0 aliphatic carbocycles. The van der Waals surface area contributed by atoms with Gasteiger partial charge in [-0.05, 0) is 36.2 Å². The maximum atomic E-state index is 10.4. The van der Waals surface area contributed by atoms with Gasteiger partial charge in [0.1, 0.15) is 6.61 Å². The molecule has 98 valence electrons. The third kappa shape index (κ3) is 4.14. The summed E-state index contributed by atoms with van der Waals surface area (Å²) in [7, 11) is -2.54. The van der Waals surface area contributed by atoms with Gasteiger partial charge in [0.2, 0.25) is 0 Å². The van der Waals surface area contributed by atoms with Gasteiger partial charge in [-0.1, -0.05) is 30.3 Å². The highest BCUT2D eigenvalue weighted by Gasteiger charge is 2.11. The number of hydrogen-bond donors (Lipinski definition) is 2. The Bertz CT molecular complexity index is 569. The van der Waals surface area contributed by atoms with Crippen molar-refractivity contribution in [1.29, 1.82) is 0 Å². The quantitative estimate of drug-likeness (QED) is 0.813. The Balaban J connectivity index is 2.03. The first-order valence-electron chi connectivity index (χ1n) is 5.86. The fraction of sp³-hybridized carbons (Fsp3) is 0.143. The number of anilines is 2. The fourth-order valence-electron chi connectivity index (χ4n) is 1.68. The maximum Gasteiger partial charge on any atom is 0.695 e. The minimum atomic E-state index is -2.54. The lowest BCUT2D eigenvalue weighted by Gasteiger charge is -2.09. The molecule has 0 saturated carbocycles. The lowest BCUT2D eigenvalue weighted by molar-refractivity contribution is 0.272. The Kier molecular flexibility index (Phi) is 4.63. The van der Waals surface area contributed by atoms with E-state index in [1.807, 2.05) is 55.5 Å². The molecule has 0 aromatic heterocycles. The summed E-state index contributed by atoms with van der Waals surface area (Å²) in [5.41, 5.74) is 4.05. The van der Waals surface area contributed by atoms with E-state index in [2.05, 4.69) is 9.84 Å². The lowest BCUT2D eigenvalue weighted by Crippen LogP contribution is -1.93. The number of para-hydroxylation sites is 1. The van der Waals surface area contributed by atoms with E-state index in [-0.39, 0.29) is 6.61 Å². The topological polar surface area (TPSA) is 58.6 Å². The Labute approximate surface area is 113 Å². The summed E-state index contributed by atoms with van der Waals surface area (Å²) in [4.78, 5) is 8.57. The molecule has 0 bridgehead atoms. The lowest BCUT2D eigenvalue weighted by atomic mass is 10.1. The maximum absolute atomic E-state index is 10.4. The number of hydrogen-bond acceptors (Lipinski definition) is 3. The molecule has 2 rings (SSSR count). The van der Waals surface area contributed by atoms with Crippen LogP contribution >= 0.6 is 8.25 Å². The third-order valence-electron chi connectivity index (χ3n) is 2.72. The minimum Gasteiger partial charge on any atom is -0.355 e. The summed E-state index contributed by atoms with van der Waals surface area (Å²) in [6.07, 6.45) is 0. The molecule has 0 radical (unpaired) electrons. The molecular formula is C14H15NO3P+. The average Bonchev–Trinajstić information content (AvgIpc) is 2.40. The van der Waals surface area contributed by atoms with E-state index in [4.69, 9.17) is 4.89 Å². The van der Waals surface area contributed by atoms with Gasteiger partial charge >= 0.3 is 8.25 Å². The van der Waals surface area contributed by atoms with E-state index in [9.17, 15) is 4.57 Å². The van der Waals surface area contributed by atoms with Crippen LogP contribution in [0.5, 0.6) is 0 Å². The van der Waals surface area contributed by atoms with Crippen molar-refractivity contribution in [1.82, 2.24) is 0 Å². The van der Waals surface area contributed by atoms with E-state index in [0.717, 1.165) is 16.9 Å². The molecule has 0 fully saturated rings. The van der Waals surface area contributed by atoms with Gasteiger partial charge in [0.05, 0.1) is 0 Å². The second-order valence-electron chi connectivity index (χ2n) is 4.15. The molecule has 19 heavy (non-hydrogen) atoms. The number of rotatable bonds is 5. The van der Waals surface area contributed by atoms with Crippen LogP contribution in [-0.4, -0.2) is 4.89 Å². The van der Waals surface area contributed by atoms with E-state index in [1.54, 1.807) is 0 Å². The van der Waals surface area contributed by atoms with Gasteiger partial charge in [-0.3, -0.25) is 0 Å². The molecule has 2 aromatic carbocycles. The van der Waals surface area contributed by atoms with Crippen LogP contribution in [0.1, 0.15) is 11.1 Å². The van der Waals surface area contributed by atoms with Crippen molar-refractivity contribution in [3.63, 3.8) is 0 Å². The van der Waals surface area contributed by atoms with Crippen molar-refractivity contribution in [3.05, 3.63) is 59.7 Å². The summed E-state index contributed by atoms with van der Waals surface area (Å²) in [6, 6.07) is 15.6. The molecule has 4 nitrogen and oxygen atoms in total. The molecule has 0 heterocycles. The van der Waals surface area contributed by atoms with Crippen LogP contribution in [0.2, 0.25) is 0 Å². The monoisotopic (exact) mass is 276 g/mol. The summed E-state index contributed by atoms with van der Waals surface area (Å²) in [5, 5.41) is 3.32. The van der Waals surface area contributed by atoms with Crippen molar-refractivity contribution < 1.29 is 14.0 Å². The van der Waals surface area contributed by atoms with Crippen molar-refractivity contribution in [3.8, 4) is 0 Å². The largest absolute Gasteiger partial charge is 0.695 e. The first kappa shape index (κ1) is 13.7. The van der Waals surface area contributed by atoms with Crippen LogP contribution in [0.15, 0.2) is 48.5 Å². The average molecular weight is 276 g/mol. The van der Waals surface area contributed by atoms with Crippen LogP contribution in [0, 0.1) is 6.92 Å². The van der Waals surface area contributed by atoms with Crippen LogP contribution in [-0.2, 0) is 15.7 Å². The zero-order valence-electron chi connectivity index (χ0n) is 10.5. The molecule has 0 amide bonds. The predicted octanol–water partition coefficient (Wildman–Crippen LogP) is 3.90. The van der Waals surface area contributed by atoms with Crippen molar-refractivity contribution in [2.24, 2.45) is 0 Å². The molecular weight excluding hydrogens is 261 g/mol. The Morgan fingerprint density at radius 3 is 2.47 bits per heavy atom. The van der Waals surface area contributed by atoms with Crippen LogP contribution in [0.25, 0.3) is 0 Å². The smallest absolute Gasteiger partial charge is 0.355 e. The van der Waals surface area contributed by atoms with Crippen molar-refractivity contribution in [2.75, 3.05) is 5.32 Å². The standard InChI is InChI=1S/C14H14NO3P/c1-11-4-2-3-5-14(11)15-13-8-6-12(7-9-13)10-18-19(16)17/h2-9,15H,10H2,1H3/p+1. The summed E-state index contributed by atoms with van der Waals surface area (Å²) < 4.78 is 15.1. The number of aryl methyl sites for hydroxylation is 1. The van der Waals surface area contributed by atoms with Crippen molar-refractivity contribution >= 4 is 19.6 Å². The Morgan fingerprint density at radius 2 is 1.84 bits per heavy atom. The summed E-state index contributed by atoms with van der Waals surface area (Å²) in [5.74, 6) is 0.